The van der Waals surface area contributed by atoms with Gasteiger partial charge in [0.05, 0.1) is 18.4 Å². The lowest BCUT2D eigenvalue weighted by atomic mass is 9.95. The Hall–Kier alpha value is -2.85. The fraction of sp³-hybridized carbons (Fsp3) is 0.300. The van der Waals surface area contributed by atoms with Crippen LogP contribution in [0.3, 0.4) is 0 Å². The number of aromatic nitrogens is 3. The number of hydrogen-bond donors (Lipinski definition) is 0. The van der Waals surface area contributed by atoms with E-state index in [2.05, 4.69) is 16.2 Å². The third-order valence-electron chi connectivity index (χ3n) is 4.53. The lowest BCUT2D eigenvalue weighted by Crippen LogP contribution is -2.07. The van der Waals surface area contributed by atoms with Crippen molar-refractivity contribution in [2.24, 2.45) is 0 Å². The number of thioether (sulfide) groups is 1. The molecule has 7 heteroatoms. The van der Waals surface area contributed by atoms with Gasteiger partial charge in [-0.1, -0.05) is 16.9 Å². The fourth-order valence-corrected chi connectivity index (χ4v) is 3.92. The van der Waals surface area contributed by atoms with Gasteiger partial charge in [-0.25, -0.2) is 4.98 Å². The first-order valence-electron chi connectivity index (χ1n) is 8.79. The molecule has 1 aliphatic rings. The molecule has 136 valence electrons. The van der Waals surface area contributed by atoms with Gasteiger partial charge in [-0.3, -0.25) is 0 Å². The SMILES string of the molecule is COc1ccc(-c2nc(CSc3nc4c(cc3C#N)CCCC4)no2)cc1. The van der Waals surface area contributed by atoms with Crippen LogP contribution in [0.15, 0.2) is 39.9 Å². The van der Waals surface area contributed by atoms with E-state index in [-0.39, 0.29) is 0 Å². The Morgan fingerprint density at radius 2 is 2.00 bits per heavy atom. The van der Waals surface area contributed by atoms with E-state index < -0.39 is 0 Å². The lowest BCUT2D eigenvalue weighted by molar-refractivity contribution is 0.414. The highest BCUT2D eigenvalue weighted by atomic mass is 32.2. The van der Waals surface area contributed by atoms with Crippen LogP contribution in [0, 0.1) is 11.3 Å². The van der Waals surface area contributed by atoms with E-state index in [0.717, 1.165) is 41.3 Å². The number of aryl methyl sites for hydroxylation is 2. The van der Waals surface area contributed by atoms with Crippen molar-refractivity contribution in [2.45, 2.75) is 36.5 Å². The second-order valence-electron chi connectivity index (χ2n) is 6.30. The molecule has 0 bridgehead atoms. The molecule has 0 unspecified atom stereocenters. The summed E-state index contributed by atoms with van der Waals surface area (Å²) in [4.78, 5) is 9.17. The second kappa shape index (κ2) is 7.80. The van der Waals surface area contributed by atoms with Crippen molar-refractivity contribution in [3.8, 4) is 23.3 Å². The quantitative estimate of drug-likeness (QED) is 0.616. The Balaban J connectivity index is 1.49. The van der Waals surface area contributed by atoms with E-state index in [1.165, 1.54) is 23.7 Å². The Bertz CT molecular complexity index is 992. The van der Waals surface area contributed by atoms with Gasteiger partial charge in [-0.2, -0.15) is 10.2 Å². The number of rotatable bonds is 5. The zero-order chi connectivity index (χ0) is 18.6. The third kappa shape index (κ3) is 3.81. The van der Waals surface area contributed by atoms with Crippen LogP contribution in [0.4, 0.5) is 0 Å². The van der Waals surface area contributed by atoms with Gasteiger partial charge in [-0.15, -0.1) is 0 Å². The maximum atomic E-state index is 9.45. The summed E-state index contributed by atoms with van der Waals surface area (Å²) >= 11 is 1.47. The highest BCUT2D eigenvalue weighted by molar-refractivity contribution is 7.98. The van der Waals surface area contributed by atoms with Crippen molar-refractivity contribution in [2.75, 3.05) is 7.11 Å². The minimum Gasteiger partial charge on any atom is -0.497 e. The number of nitriles is 1. The van der Waals surface area contributed by atoms with Crippen LogP contribution in [-0.2, 0) is 18.6 Å². The first-order chi connectivity index (χ1) is 13.3. The molecule has 0 amide bonds. The number of pyridine rings is 1. The number of fused-ring (bicyclic) bond motifs is 1. The summed E-state index contributed by atoms with van der Waals surface area (Å²) < 4.78 is 10.5. The molecule has 0 saturated heterocycles. The molecule has 0 aliphatic heterocycles. The fourth-order valence-electron chi connectivity index (χ4n) is 3.10. The van der Waals surface area contributed by atoms with Crippen molar-refractivity contribution in [3.05, 3.63) is 53.0 Å². The maximum Gasteiger partial charge on any atom is 0.257 e. The van der Waals surface area contributed by atoms with Crippen molar-refractivity contribution < 1.29 is 9.26 Å². The van der Waals surface area contributed by atoms with Crippen LogP contribution in [0.5, 0.6) is 5.75 Å². The monoisotopic (exact) mass is 378 g/mol. The van der Waals surface area contributed by atoms with Crippen LogP contribution in [0.25, 0.3) is 11.5 Å². The number of benzene rings is 1. The molecule has 3 aromatic rings. The second-order valence-corrected chi connectivity index (χ2v) is 7.26. The molecule has 6 nitrogen and oxygen atoms in total. The van der Waals surface area contributed by atoms with Crippen molar-refractivity contribution >= 4 is 11.8 Å². The lowest BCUT2D eigenvalue weighted by Gasteiger charge is -2.16. The van der Waals surface area contributed by atoms with Crippen LogP contribution in [0.2, 0.25) is 0 Å². The summed E-state index contributed by atoms with van der Waals surface area (Å²) in [5.74, 6) is 2.32. The average Bonchev–Trinajstić information content (AvgIpc) is 3.20. The smallest absolute Gasteiger partial charge is 0.257 e. The van der Waals surface area contributed by atoms with Gasteiger partial charge in [-0.05, 0) is 61.6 Å². The minimum atomic E-state index is 0.465. The molecular formula is C20H18N4O2S. The zero-order valence-corrected chi connectivity index (χ0v) is 15.8. The Morgan fingerprint density at radius 1 is 1.19 bits per heavy atom. The van der Waals surface area contributed by atoms with Crippen LogP contribution < -0.4 is 4.74 Å². The van der Waals surface area contributed by atoms with Crippen LogP contribution in [0.1, 0.15) is 35.5 Å². The first-order valence-corrected chi connectivity index (χ1v) is 9.78. The van der Waals surface area contributed by atoms with E-state index in [9.17, 15) is 5.26 Å². The molecule has 0 N–H and O–H groups in total. The summed E-state index contributed by atoms with van der Waals surface area (Å²) in [6, 6.07) is 11.7. The van der Waals surface area contributed by atoms with Crippen molar-refractivity contribution in [1.29, 1.82) is 5.26 Å². The molecule has 1 aliphatic carbocycles. The highest BCUT2D eigenvalue weighted by Crippen LogP contribution is 2.29. The average molecular weight is 378 g/mol. The van der Waals surface area contributed by atoms with Gasteiger partial charge in [0.25, 0.3) is 5.89 Å². The van der Waals surface area contributed by atoms with Crippen molar-refractivity contribution in [3.63, 3.8) is 0 Å². The molecule has 0 saturated carbocycles. The van der Waals surface area contributed by atoms with E-state index in [0.29, 0.717) is 23.0 Å². The first kappa shape index (κ1) is 17.6. The van der Waals surface area contributed by atoms with E-state index >= 15 is 0 Å². The number of methoxy groups -OCH3 is 1. The predicted molar refractivity (Wildman–Crippen MR) is 101 cm³/mol. The summed E-state index contributed by atoms with van der Waals surface area (Å²) in [5.41, 5.74) is 3.79. The van der Waals surface area contributed by atoms with Gasteiger partial charge >= 0.3 is 0 Å². The summed E-state index contributed by atoms with van der Waals surface area (Å²) in [6.45, 7) is 0. The summed E-state index contributed by atoms with van der Waals surface area (Å²) in [7, 11) is 1.63. The number of hydrogen-bond acceptors (Lipinski definition) is 7. The molecule has 2 aromatic heterocycles. The Morgan fingerprint density at radius 3 is 2.78 bits per heavy atom. The predicted octanol–water partition coefficient (Wildman–Crippen LogP) is 4.18. The molecule has 0 atom stereocenters. The normalized spacial score (nSPS) is 13.0. The largest absolute Gasteiger partial charge is 0.497 e. The number of ether oxygens (including phenoxy) is 1. The number of nitrogens with zero attached hydrogens (tertiary/aromatic N) is 4. The van der Waals surface area contributed by atoms with E-state index in [1.807, 2.05) is 30.3 Å². The minimum absolute atomic E-state index is 0.465. The maximum absolute atomic E-state index is 9.45. The van der Waals surface area contributed by atoms with E-state index in [1.54, 1.807) is 7.11 Å². The van der Waals surface area contributed by atoms with Crippen LogP contribution >= 0.6 is 11.8 Å². The molecular weight excluding hydrogens is 360 g/mol. The molecule has 0 radical (unpaired) electrons. The summed E-state index contributed by atoms with van der Waals surface area (Å²) in [5, 5.41) is 14.2. The third-order valence-corrected chi connectivity index (χ3v) is 5.52. The molecule has 27 heavy (non-hydrogen) atoms. The van der Waals surface area contributed by atoms with Gasteiger partial charge in [0.1, 0.15) is 16.8 Å². The van der Waals surface area contributed by atoms with E-state index in [4.69, 9.17) is 14.2 Å². The molecule has 0 fully saturated rings. The van der Waals surface area contributed by atoms with Gasteiger partial charge < -0.3 is 9.26 Å². The Labute approximate surface area is 161 Å². The molecule has 1 aromatic carbocycles. The van der Waals surface area contributed by atoms with Gasteiger partial charge in [0.2, 0.25) is 0 Å². The molecule has 4 rings (SSSR count). The topological polar surface area (TPSA) is 84.8 Å². The highest BCUT2D eigenvalue weighted by Gasteiger charge is 2.16. The van der Waals surface area contributed by atoms with Gasteiger partial charge in [0.15, 0.2) is 5.82 Å². The van der Waals surface area contributed by atoms with Gasteiger partial charge in [0, 0.05) is 11.3 Å². The molecule has 0 spiro atoms. The Kier molecular flexibility index (Phi) is 5.07. The molecule has 2 heterocycles. The van der Waals surface area contributed by atoms with Crippen LogP contribution in [-0.4, -0.2) is 22.2 Å². The standard InChI is InChI=1S/C20H18N4O2S/c1-25-16-8-6-13(7-9-16)19-23-18(24-26-19)12-27-20-15(11-21)10-14-4-2-3-5-17(14)22-20/h6-10H,2-5,12H2,1H3. The zero-order valence-electron chi connectivity index (χ0n) is 14.9. The van der Waals surface area contributed by atoms with Crippen molar-refractivity contribution in [1.82, 2.24) is 15.1 Å². The summed E-state index contributed by atoms with van der Waals surface area (Å²) in [6.07, 6.45) is 4.32.